The lowest BCUT2D eigenvalue weighted by Gasteiger charge is -2.35. The van der Waals surface area contributed by atoms with Crippen LogP contribution in [0.3, 0.4) is 0 Å². The van der Waals surface area contributed by atoms with Crippen molar-refractivity contribution in [3.63, 3.8) is 0 Å². The van der Waals surface area contributed by atoms with Crippen molar-refractivity contribution in [3.05, 3.63) is 0 Å². The van der Waals surface area contributed by atoms with E-state index in [2.05, 4.69) is 23.6 Å². The van der Waals surface area contributed by atoms with E-state index in [1.165, 1.54) is 25.7 Å². The van der Waals surface area contributed by atoms with Crippen molar-refractivity contribution < 1.29 is 9.59 Å². The largest absolute Gasteiger partial charge is 0.339 e. The lowest BCUT2D eigenvalue weighted by Crippen LogP contribution is -2.49. The van der Waals surface area contributed by atoms with Crippen molar-refractivity contribution in [2.24, 2.45) is 11.8 Å². The first kappa shape index (κ1) is 16.7. The second-order valence-corrected chi connectivity index (χ2v) is 7.87. The highest BCUT2D eigenvalue weighted by molar-refractivity contribution is 5.81. The van der Waals surface area contributed by atoms with Crippen LogP contribution in [-0.2, 0) is 9.59 Å². The number of hydrogen-bond acceptors (Lipinski definition) is 3. The summed E-state index contributed by atoms with van der Waals surface area (Å²) in [4.78, 5) is 31.6. The molecule has 0 spiro atoms. The molecule has 0 radical (unpaired) electrons. The summed E-state index contributed by atoms with van der Waals surface area (Å²) in [5.74, 6) is 1.54. The first-order valence-corrected chi connectivity index (χ1v) is 9.34. The van der Waals surface area contributed by atoms with Gasteiger partial charge in [-0.25, -0.2) is 0 Å². The van der Waals surface area contributed by atoms with Gasteiger partial charge in [-0.3, -0.25) is 14.5 Å². The van der Waals surface area contributed by atoms with Crippen LogP contribution in [-0.4, -0.2) is 71.8 Å². The third kappa shape index (κ3) is 4.25. The number of carbonyl (C=O) groups is 2. The van der Waals surface area contributed by atoms with E-state index in [1.54, 1.807) is 0 Å². The Labute approximate surface area is 140 Å². The fourth-order valence-electron chi connectivity index (χ4n) is 3.82. The second kappa shape index (κ2) is 7.20. The molecule has 2 amide bonds. The molecule has 5 heteroatoms. The van der Waals surface area contributed by atoms with Gasteiger partial charge in [0.2, 0.25) is 11.8 Å². The van der Waals surface area contributed by atoms with Crippen molar-refractivity contribution in [3.8, 4) is 0 Å². The second-order valence-electron chi connectivity index (χ2n) is 7.87. The summed E-state index contributed by atoms with van der Waals surface area (Å²) >= 11 is 0. The van der Waals surface area contributed by atoms with Crippen LogP contribution in [0.1, 0.15) is 46.0 Å². The average molecular weight is 321 g/mol. The molecule has 1 aliphatic carbocycles. The zero-order valence-corrected chi connectivity index (χ0v) is 14.7. The summed E-state index contributed by atoms with van der Waals surface area (Å²) in [6.45, 7) is 9.16. The van der Waals surface area contributed by atoms with Gasteiger partial charge in [-0.05, 0) is 50.6 Å². The Kier molecular flexibility index (Phi) is 5.24. The van der Waals surface area contributed by atoms with Crippen molar-refractivity contribution >= 4 is 11.8 Å². The molecule has 23 heavy (non-hydrogen) atoms. The molecule has 3 fully saturated rings. The molecular weight excluding hydrogens is 290 g/mol. The van der Waals surface area contributed by atoms with Crippen LogP contribution in [0.25, 0.3) is 0 Å². The van der Waals surface area contributed by atoms with E-state index in [1.807, 2.05) is 4.90 Å². The summed E-state index contributed by atoms with van der Waals surface area (Å²) < 4.78 is 0. The van der Waals surface area contributed by atoms with Crippen LogP contribution in [0, 0.1) is 11.8 Å². The summed E-state index contributed by atoms with van der Waals surface area (Å²) in [5.41, 5.74) is 0. The molecule has 1 saturated carbocycles. The molecule has 0 N–H and O–H groups in total. The Morgan fingerprint density at radius 3 is 2.48 bits per heavy atom. The number of nitrogens with zero attached hydrogens (tertiary/aromatic N) is 3. The lowest BCUT2D eigenvalue weighted by atomic mass is 10.0. The molecule has 0 aromatic rings. The molecule has 0 aromatic carbocycles. The topological polar surface area (TPSA) is 43.9 Å². The smallest absolute Gasteiger partial charge is 0.236 e. The van der Waals surface area contributed by atoms with E-state index in [4.69, 9.17) is 0 Å². The minimum atomic E-state index is 0.174. The molecule has 0 unspecified atom stereocenters. The molecule has 2 heterocycles. The zero-order valence-electron chi connectivity index (χ0n) is 14.7. The molecule has 5 nitrogen and oxygen atoms in total. The Morgan fingerprint density at radius 1 is 1.17 bits per heavy atom. The van der Waals surface area contributed by atoms with Gasteiger partial charge in [0.15, 0.2) is 0 Å². The molecule has 0 aromatic heterocycles. The summed E-state index contributed by atoms with van der Waals surface area (Å²) in [5, 5.41) is 0. The zero-order chi connectivity index (χ0) is 16.4. The highest BCUT2D eigenvalue weighted by atomic mass is 16.2. The van der Waals surface area contributed by atoms with Gasteiger partial charge in [0.25, 0.3) is 0 Å². The highest BCUT2D eigenvalue weighted by Gasteiger charge is 2.36. The van der Waals surface area contributed by atoms with Crippen LogP contribution >= 0.6 is 0 Å². The molecule has 2 saturated heterocycles. The lowest BCUT2D eigenvalue weighted by molar-refractivity contribution is -0.134. The van der Waals surface area contributed by atoms with Crippen LogP contribution in [0.2, 0.25) is 0 Å². The van der Waals surface area contributed by atoms with Crippen LogP contribution in [0.4, 0.5) is 0 Å². The van der Waals surface area contributed by atoms with Gasteiger partial charge in [0, 0.05) is 26.1 Å². The Bertz CT molecular complexity index is 442. The predicted octanol–water partition coefficient (Wildman–Crippen LogP) is 1.58. The van der Waals surface area contributed by atoms with E-state index < -0.39 is 0 Å². The van der Waals surface area contributed by atoms with E-state index in [0.717, 1.165) is 19.6 Å². The molecule has 3 aliphatic rings. The normalized spacial score (nSPS) is 26.9. The molecular formula is C18H31N3O2. The fraction of sp³-hybridized carbons (Fsp3) is 0.889. The standard InChI is InChI=1S/C18H31N3O2/c1-14(2)16-12-20(18(23)13-19-8-3-4-9-19)10-7-17(22)21(16)11-15-5-6-15/h14-16H,3-13H2,1-2H3/t16-/m0/s1. The molecule has 1 atom stereocenters. The van der Waals surface area contributed by atoms with Gasteiger partial charge in [-0.2, -0.15) is 0 Å². The maximum absolute atomic E-state index is 12.7. The van der Waals surface area contributed by atoms with E-state index in [-0.39, 0.29) is 17.9 Å². The summed E-state index contributed by atoms with van der Waals surface area (Å²) in [6, 6.07) is 0.174. The maximum atomic E-state index is 12.7. The van der Waals surface area contributed by atoms with Crippen molar-refractivity contribution in [1.82, 2.24) is 14.7 Å². The van der Waals surface area contributed by atoms with Gasteiger partial charge in [0.1, 0.15) is 0 Å². The number of likely N-dealkylation sites (tertiary alicyclic amines) is 1. The first-order chi connectivity index (χ1) is 11.0. The third-order valence-electron chi connectivity index (χ3n) is 5.56. The van der Waals surface area contributed by atoms with Crippen molar-refractivity contribution in [2.75, 3.05) is 39.3 Å². The quantitative estimate of drug-likeness (QED) is 0.772. The Morgan fingerprint density at radius 2 is 1.87 bits per heavy atom. The van der Waals surface area contributed by atoms with Gasteiger partial charge < -0.3 is 9.80 Å². The van der Waals surface area contributed by atoms with Crippen LogP contribution in [0.15, 0.2) is 0 Å². The minimum Gasteiger partial charge on any atom is -0.339 e. The monoisotopic (exact) mass is 321 g/mol. The van der Waals surface area contributed by atoms with E-state index in [0.29, 0.717) is 37.9 Å². The van der Waals surface area contributed by atoms with E-state index in [9.17, 15) is 9.59 Å². The molecule has 130 valence electrons. The maximum Gasteiger partial charge on any atom is 0.236 e. The predicted molar refractivity (Wildman–Crippen MR) is 89.9 cm³/mol. The van der Waals surface area contributed by atoms with Gasteiger partial charge in [0.05, 0.1) is 12.6 Å². The van der Waals surface area contributed by atoms with Gasteiger partial charge in [-0.1, -0.05) is 13.8 Å². The molecule has 3 rings (SSSR count). The van der Waals surface area contributed by atoms with Gasteiger partial charge >= 0.3 is 0 Å². The third-order valence-corrected chi connectivity index (χ3v) is 5.56. The number of amides is 2. The molecule has 0 bridgehead atoms. The first-order valence-electron chi connectivity index (χ1n) is 9.34. The average Bonchev–Trinajstić information content (AvgIpc) is 3.22. The minimum absolute atomic E-state index is 0.174. The summed E-state index contributed by atoms with van der Waals surface area (Å²) in [6.07, 6.45) is 5.41. The van der Waals surface area contributed by atoms with Crippen LogP contribution in [0.5, 0.6) is 0 Å². The Balaban J connectivity index is 1.65. The Hall–Kier alpha value is -1.10. The van der Waals surface area contributed by atoms with E-state index >= 15 is 0 Å². The fourth-order valence-corrected chi connectivity index (χ4v) is 3.82. The number of carbonyl (C=O) groups excluding carboxylic acids is 2. The number of hydrogen-bond donors (Lipinski definition) is 0. The van der Waals surface area contributed by atoms with Crippen molar-refractivity contribution in [1.29, 1.82) is 0 Å². The SMILES string of the molecule is CC(C)[C@@H]1CN(C(=O)CN2CCCC2)CCC(=O)N1CC1CC1. The summed E-state index contributed by atoms with van der Waals surface area (Å²) in [7, 11) is 0. The van der Waals surface area contributed by atoms with Crippen molar-refractivity contribution in [2.45, 2.75) is 52.0 Å². The molecule has 2 aliphatic heterocycles. The number of rotatable bonds is 5. The highest BCUT2D eigenvalue weighted by Crippen LogP contribution is 2.32. The van der Waals surface area contributed by atoms with Crippen LogP contribution < -0.4 is 0 Å². The van der Waals surface area contributed by atoms with Gasteiger partial charge in [-0.15, -0.1) is 0 Å².